The molecule has 9 heteroatoms. The Kier molecular flexibility index (Phi) is 7.83. The number of thiazole rings is 1. The smallest absolute Gasteiger partial charge is 0.325 e. The molecule has 162 valence electrons. The van der Waals surface area contributed by atoms with Gasteiger partial charge in [0, 0.05) is 24.0 Å². The minimum atomic E-state index is -0.386. The Morgan fingerprint density at radius 1 is 0.935 bits per heavy atom. The summed E-state index contributed by atoms with van der Waals surface area (Å²) in [5, 5.41) is 10.6. The van der Waals surface area contributed by atoms with Crippen molar-refractivity contribution in [3.8, 4) is 11.5 Å². The molecule has 0 aliphatic heterocycles. The molecule has 3 N–H and O–H groups in total. The Labute approximate surface area is 184 Å². The van der Waals surface area contributed by atoms with Crippen molar-refractivity contribution in [3.05, 3.63) is 65.2 Å². The standard InChI is InChI=1S/C22H24N4O4S/c1-29-18-8-3-15(4-9-18)13-23-20(27)12-7-17-14-31-22(25-17)26-21(28)24-16-5-10-19(30-2)11-6-16/h3-6,8-11,14H,7,12-13H2,1-2H3,(H,23,27)(H2,24,25,26,28). The number of nitrogens with one attached hydrogen (secondary N) is 3. The first-order valence-corrected chi connectivity index (χ1v) is 10.5. The summed E-state index contributed by atoms with van der Waals surface area (Å²) < 4.78 is 10.2. The van der Waals surface area contributed by atoms with Gasteiger partial charge in [0.2, 0.25) is 5.91 Å². The average Bonchev–Trinajstić information content (AvgIpc) is 3.24. The van der Waals surface area contributed by atoms with Crippen LogP contribution < -0.4 is 25.4 Å². The first kappa shape index (κ1) is 22.1. The second-order valence-electron chi connectivity index (χ2n) is 6.58. The van der Waals surface area contributed by atoms with Crippen molar-refractivity contribution in [1.82, 2.24) is 10.3 Å². The third kappa shape index (κ3) is 7.00. The number of anilines is 2. The first-order valence-electron chi connectivity index (χ1n) is 9.62. The maximum Gasteiger partial charge on any atom is 0.325 e. The number of aryl methyl sites for hydroxylation is 1. The van der Waals surface area contributed by atoms with E-state index in [9.17, 15) is 9.59 Å². The lowest BCUT2D eigenvalue weighted by Gasteiger charge is -2.06. The lowest BCUT2D eigenvalue weighted by atomic mass is 10.2. The van der Waals surface area contributed by atoms with Crippen LogP contribution in [0.15, 0.2) is 53.9 Å². The molecule has 0 bridgehead atoms. The van der Waals surface area contributed by atoms with Gasteiger partial charge in [0.15, 0.2) is 5.13 Å². The van der Waals surface area contributed by atoms with Crippen LogP contribution in [0.4, 0.5) is 15.6 Å². The minimum absolute atomic E-state index is 0.0597. The summed E-state index contributed by atoms with van der Waals surface area (Å²) in [5.41, 5.74) is 2.39. The molecule has 31 heavy (non-hydrogen) atoms. The molecule has 0 saturated heterocycles. The predicted octanol–water partition coefficient (Wildman–Crippen LogP) is 4.05. The maximum absolute atomic E-state index is 12.1. The summed E-state index contributed by atoms with van der Waals surface area (Å²) >= 11 is 1.31. The normalized spacial score (nSPS) is 10.3. The number of carbonyl (C=O) groups excluding carboxylic acids is 2. The predicted molar refractivity (Wildman–Crippen MR) is 121 cm³/mol. The molecule has 0 spiro atoms. The van der Waals surface area contributed by atoms with Crippen LogP contribution in [-0.4, -0.2) is 31.1 Å². The van der Waals surface area contributed by atoms with Crippen LogP contribution in [-0.2, 0) is 17.8 Å². The van der Waals surface area contributed by atoms with E-state index in [1.165, 1.54) is 11.3 Å². The lowest BCUT2D eigenvalue weighted by Crippen LogP contribution is -2.23. The molecule has 8 nitrogen and oxygen atoms in total. The number of amides is 3. The van der Waals surface area contributed by atoms with Gasteiger partial charge in [-0.05, 0) is 48.4 Å². The zero-order valence-corrected chi connectivity index (χ0v) is 18.1. The summed E-state index contributed by atoms with van der Waals surface area (Å²) in [6.45, 7) is 0.457. The highest BCUT2D eigenvalue weighted by molar-refractivity contribution is 7.13. The molecule has 0 saturated carbocycles. The molecular formula is C22H24N4O4S. The van der Waals surface area contributed by atoms with Gasteiger partial charge in [-0.1, -0.05) is 12.1 Å². The van der Waals surface area contributed by atoms with Gasteiger partial charge in [-0.3, -0.25) is 10.1 Å². The highest BCUT2D eigenvalue weighted by Gasteiger charge is 2.09. The third-order valence-electron chi connectivity index (χ3n) is 4.38. The Morgan fingerprint density at radius 2 is 1.58 bits per heavy atom. The van der Waals surface area contributed by atoms with E-state index in [0.717, 1.165) is 17.0 Å². The molecule has 0 atom stereocenters. The van der Waals surface area contributed by atoms with Crippen LogP contribution in [0.3, 0.4) is 0 Å². The number of hydrogen-bond acceptors (Lipinski definition) is 6. The third-order valence-corrected chi connectivity index (χ3v) is 5.18. The van der Waals surface area contributed by atoms with E-state index in [4.69, 9.17) is 9.47 Å². The largest absolute Gasteiger partial charge is 0.497 e. The van der Waals surface area contributed by atoms with Crippen molar-refractivity contribution < 1.29 is 19.1 Å². The molecule has 0 aliphatic rings. The summed E-state index contributed by atoms with van der Waals surface area (Å²) in [6, 6.07) is 14.2. The van der Waals surface area contributed by atoms with Crippen molar-refractivity contribution >= 4 is 34.1 Å². The van der Waals surface area contributed by atoms with E-state index in [1.807, 2.05) is 29.6 Å². The van der Waals surface area contributed by atoms with Gasteiger partial charge < -0.3 is 20.1 Å². The zero-order valence-electron chi connectivity index (χ0n) is 17.3. The number of benzene rings is 2. The summed E-state index contributed by atoms with van der Waals surface area (Å²) in [7, 11) is 3.20. The van der Waals surface area contributed by atoms with Crippen LogP contribution in [0, 0.1) is 0 Å². The molecule has 3 amide bonds. The first-order chi connectivity index (χ1) is 15.1. The molecule has 0 unspecified atom stereocenters. The van der Waals surface area contributed by atoms with Crippen LogP contribution >= 0.6 is 11.3 Å². The van der Waals surface area contributed by atoms with Crippen molar-refractivity contribution in [2.24, 2.45) is 0 Å². The summed E-state index contributed by atoms with van der Waals surface area (Å²) in [4.78, 5) is 28.6. The molecule has 1 aromatic heterocycles. The monoisotopic (exact) mass is 440 g/mol. The Bertz CT molecular complexity index is 1000. The minimum Gasteiger partial charge on any atom is -0.497 e. The number of carbonyl (C=O) groups is 2. The Hall–Kier alpha value is -3.59. The van der Waals surface area contributed by atoms with Gasteiger partial charge >= 0.3 is 6.03 Å². The SMILES string of the molecule is COc1ccc(CNC(=O)CCc2csc(NC(=O)Nc3ccc(OC)cc3)n2)cc1. The van der Waals surface area contributed by atoms with Crippen LogP contribution in [0.25, 0.3) is 0 Å². The quantitative estimate of drug-likeness (QED) is 0.466. The van der Waals surface area contributed by atoms with Gasteiger partial charge in [-0.15, -0.1) is 11.3 Å². The molecular weight excluding hydrogens is 416 g/mol. The number of hydrogen-bond donors (Lipinski definition) is 3. The number of urea groups is 1. The molecule has 3 rings (SSSR count). The lowest BCUT2D eigenvalue weighted by molar-refractivity contribution is -0.121. The van der Waals surface area contributed by atoms with Crippen LogP contribution in [0.1, 0.15) is 17.7 Å². The Balaban J connectivity index is 1.40. The van der Waals surface area contributed by atoms with E-state index in [2.05, 4.69) is 20.9 Å². The van der Waals surface area contributed by atoms with Gasteiger partial charge in [-0.2, -0.15) is 0 Å². The van der Waals surface area contributed by atoms with Gasteiger partial charge in [0.1, 0.15) is 11.5 Å². The average molecular weight is 441 g/mol. The van der Waals surface area contributed by atoms with E-state index in [1.54, 1.807) is 38.5 Å². The maximum atomic E-state index is 12.1. The Morgan fingerprint density at radius 3 is 2.23 bits per heavy atom. The van der Waals surface area contributed by atoms with Crippen molar-refractivity contribution in [2.45, 2.75) is 19.4 Å². The number of methoxy groups -OCH3 is 2. The number of nitrogens with zero attached hydrogens (tertiary/aromatic N) is 1. The van der Waals surface area contributed by atoms with Crippen molar-refractivity contribution in [3.63, 3.8) is 0 Å². The van der Waals surface area contributed by atoms with Gasteiger partial charge in [0.05, 0.1) is 19.9 Å². The summed E-state index contributed by atoms with van der Waals surface area (Å²) in [6.07, 6.45) is 0.810. The highest BCUT2D eigenvalue weighted by Crippen LogP contribution is 2.18. The molecule has 3 aromatic rings. The van der Waals surface area contributed by atoms with E-state index >= 15 is 0 Å². The fourth-order valence-corrected chi connectivity index (χ4v) is 3.43. The number of ether oxygens (including phenoxy) is 2. The fraction of sp³-hybridized carbons (Fsp3) is 0.227. The van der Waals surface area contributed by atoms with E-state index < -0.39 is 0 Å². The van der Waals surface area contributed by atoms with Gasteiger partial charge in [-0.25, -0.2) is 9.78 Å². The van der Waals surface area contributed by atoms with Crippen LogP contribution in [0.5, 0.6) is 11.5 Å². The van der Waals surface area contributed by atoms with E-state index in [0.29, 0.717) is 36.0 Å². The zero-order chi connectivity index (χ0) is 22.1. The van der Waals surface area contributed by atoms with Gasteiger partial charge in [0.25, 0.3) is 0 Å². The molecule has 2 aromatic carbocycles. The molecule has 1 heterocycles. The van der Waals surface area contributed by atoms with Crippen LogP contribution in [0.2, 0.25) is 0 Å². The molecule has 0 aliphatic carbocycles. The topological polar surface area (TPSA) is 102 Å². The van der Waals surface area contributed by atoms with E-state index in [-0.39, 0.29) is 11.9 Å². The number of rotatable bonds is 9. The fourth-order valence-electron chi connectivity index (χ4n) is 2.69. The van der Waals surface area contributed by atoms with Crippen molar-refractivity contribution in [1.29, 1.82) is 0 Å². The molecule has 0 radical (unpaired) electrons. The second-order valence-corrected chi connectivity index (χ2v) is 7.43. The summed E-state index contributed by atoms with van der Waals surface area (Å²) in [5.74, 6) is 1.43. The highest BCUT2D eigenvalue weighted by atomic mass is 32.1. The van der Waals surface area contributed by atoms with Crippen molar-refractivity contribution in [2.75, 3.05) is 24.9 Å². The second kappa shape index (κ2) is 11.0. The molecule has 0 fully saturated rings. The number of aromatic nitrogens is 1.